The van der Waals surface area contributed by atoms with E-state index in [1.54, 1.807) is 35.8 Å². The number of imide groups is 1. The Labute approximate surface area is 143 Å². The Morgan fingerprint density at radius 3 is 2.33 bits per heavy atom. The number of benzene rings is 1. The summed E-state index contributed by atoms with van der Waals surface area (Å²) in [5.74, 6) is -1.10. The van der Waals surface area contributed by atoms with Crippen LogP contribution in [0.3, 0.4) is 0 Å². The highest BCUT2D eigenvalue weighted by Gasteiger charge is 2.42. The highest BCUT2D eigenvalue weighted by Crippen LogP contribution is 2.27. The zero-order chi connectivity index (χ0) is 17.3. The van der Waals surface area contributed by atoms with Crippen LogP contribution in [0.15, 0.2) is 35.8 Å². The van der Waals surface area contributed by atoms with E-state index < -0.39 is 23.8 Å². The van der Waals surface area contributed by atoms with E-state index in [0.29, 0.717) is 22.7 Å². The Kier molecular flexibility index (Phi) is 4.44. The van der Waals surface area contributed by atoms with Gasteiger partial charge < -0.3 is 5.32 Å². The summed E-state index contributed by atoms with van der Waals surface area (Å²) in [6.07, 6.45) is 1.97. The second kappa shape index (κ2) is 6.52. The first-order chi connectivity index (χ1) is 11.5. The Morgan fingerprint density at radius 1 is 1.21 bits per heavy atom. The molecule has 24 heavy (non-hydrogen) atoms. The number of hydrogen-bond donors (Lipinski definition) is 1. The largest absolute Gasteiger partial charge is 0.300 e. The average molecular weight is 343 g/mol. The molecule has 2 aromatic rings. The fourth-order valence-electron chi connectivity index (χ4n) is 2.74. The summed E-state index contributed by atoms with van der Waals surface area (Å²) in [6, 6.07) is 5.78. The summed E-state index contributed by atoms with van der Waals surface area (Å²) in [5, 5.41) is 4.89. The van der Waals surface area contributed by atoms with E-state index in [2.05, 4.69) is 10.3 Å². The predicted octanol–water partition coefficient (Wildman–Crippen LogP) is 2.79. The molecule has 1 N–H and O–H groups in total. The summed E-state index contributed by atoms with van der Waals surface area (Å²) in [6.45, 7) is 3.89. The lowest BCUT2D eigenvalue weighted by molar-refractivity contribution is -0.120. The first-order valence-electron chi connectivity index (χ1n) is 7.66. The van der Waals surface area contributed by atoms with E-state index in [1.807, 2.05) is 13.8 Å². The van der Waals surface area contributed by atoms with Gasteiger partial charge in [-0.3, -0.25) is 19.3 Å². The van der Waals surface area contributed by atoms with Crippen LogP contribution in [-0.2, 0) is 4.79 Å². The number of rotatable bonds is 5. The SMILES string of the molecule is CC(C)C[C@@H](C(=O)Nc1nccs1)N1C(=O)c2ccccc2C1=O. The van der Waals surface area contributed by atoms with Gasteiger partial charge in [-0.2, -0.15) is 0 Å². The van der Waals surface area contributed by atoms with Crippen molar-refractivity contribution in [2.75, 3.05) is 5.32 Å². The van der Waals surface area contributed by atoms with Crippen LogP contribution in [0.4, 0.5) is 5.13 Å². The van der Waals surface area contributed by atoms with Crippen molar-refractivity contribution >= 4 is 34.2 Å². The lowest BCUT2D eigenvalue weighted by Gasteiger charge is -2.26. The highest BCUT2D eigenvalue weighted by molar-refractivity contribution is 7.13. The molecule has 0 saturated carbocycles. The van der Waals surface area contributed by atoms with Gasteiger partial charge in [0.25, 0.3) is 11.8 Å². The lowest BCUT2D eigenvalue weighted by Crippen LogP contribution is -2.47. The van der Waals surface area contributed by atoms with Crippen molar-refractivity contribution in [3.63, 3.8) is 0 Å². The van der Waals surface area contributed by atoms with Crippen molar-refractivity contribution < 1.29 is 14.4 Å². The summed E-state index contributed by atoms with van der Waals surface area (Å²) >= 11 is 1.29. The Morgan fingerprint density at radius 2 is 1.83 bits per heavy atom. The van der Waals surface area contributed by atoms with Gasteiger partial charge >= 0.3 is 0 Å². The van der Waals surface area contributed by atoms with Crippen LogP contribution in [0.1, 0.15) is 41.0 Å². The molecular formula is C17H17N3O3S. The zero-order valence-corrected chi connectivity index (χ0v) is 14.2. The summed E-state index contributed by atoms with van der Waals surface area (Å²) < 4.78 is 0. The quantitative estimate of drug-likeness (QED) is 0.847. The summed E-state index contributed by atoms with van der Waals surface area (Å²) in [4.78, 5) is 43.1. The number of carbonyl (C=O) groups excluding carboxylic acids is 3. The normalized spacial score (nSPS) is 14.9. The van der Waals surface area contributed by atoms with Gasteiger partial charge in [-0.15, -0.1) is 11.3 Å². The number of thiazole rings is 1. The number of nitrogens with one attached hydrogen (secondary N) is 1. The third-order valence-electron chi connectivity index (χ3n) is 3.80. The molecule has 1 aromatic carbocycles. The first kappa shape index (κ1) is 16.3. The molecule has 1 aromatic heterocycles. The maximum Gasteiger partial charge on any atom is 0.262 e. The van der Waals surface area contributed by atoms with Gasteiger partial charge in [-0.1, -0.05) is 26.0 Å². The second-order valence-corrected chi connectivity index (χ2v) is 6.89. The van der Waals surface area contributed by atoms with Gasteiger partial charge in [0.2, 0.25) is 5.91 Å². The number of hydrogen-bond acceptors (Lipinski definition) is 5. The van der Waals surface area contributed by atoms with E-state index in [1.165, 1.54) is 11.3 Å². The predicted molar refractivity (Wildman–Crippen MR) is 90.9 cm³/mol. The molecule has 124 valence electrons. The Balaban J connectivity index is 1.91. The fourth-order valence-corrected chi connectivity index (χ4v) is 3.27. The minimum Gasteiger partial charge on any atom is -0.300 e. The van der Waals surface area contributed by atoms with Crippen LogP contribution in [-0.4, -0.2) is 33.6 Å². The maximum absolute atomic E-state index is 12.7. The number of carbonyl (C=O) groups is 3. The van der Waals surface area contributed by atoms with Crippen LogP contribution in [0.5, 0.6) is 0 Å². The monoisotopic (exact) mass is 343 g/mol. The van der Waals surface area contributed by atoms with Crippen molar-refractivity contribution in [2.45, 2.75) is 26.3 Å². The number of aromatic nitrogens is 1. The van der Waals surface area contributed by atoms with E-state index in [9.17, 15) is 14.4 Å². The van der Waals surface area contributed by atoms with Gasteiger partial charge in [0.15, 0.2) is 5.13 Å². The molecule has 3 amide bonds. The molecule has 1 aliphatic rings. The minimum atomic E-state index is -0.860. The van der Waals surface area contributed by atoms with Crippen LogP contribution in [0, 0.1) is 5.92 Å². The van der Waals surface area contributed by atoms with Crippen LogP contribution in [0.2, 0.25) is 0 Å². The standard InChI is InChI=1S/C17H17N3O3S/c1-10(2)9-13(14(21)19-17-18-7-8-24-17)20-15(22)11-5-3-4-6-12(11)16(20)23/h3-8,10,13H,9H2,1-2H3,(H,18,19,21)/t13-/m0/s1. The number of nitrogens with zero attached hydrogens (tertiary/aromatic N) is 2. The molecule has 2 heterocycles. The van der Waals surface area contributed by atoms with Gasteiger partial charge in [0.05, 0.1) is 11.1 Å². The molecule has 6 nitrogen and oxygen atoms in total. The van der Waals surface area contributed by atoms with Crippen molar-refractivity contribution in [3.8, 4) is 0 Å². The number of fused-ring (bicyclic) bond motifs is 1. The number of amides is 3. The summed E-state index contributed by atoms with van der Waals surface area (Å²) in [5.41, 5.74) is 0.691. The van der Waals surface area contributed by atoms with Crippen molar-refractivity contribution in [1.82, 2.24) is 9.88 Å². The van der Waals surface area contributed by atoms with Crippen LogP contribution >= 0.6 is 11.3 Å². The third-order valence-corrected chi connectivity index (χ3v) is 4.49. The third kappa shape index (κ3) is 2.94. The zero-order valence-electron chi connectivity index (χ0n) is 13.4. The molecule has 3 rings (SSSR count). The number of anilines is 1. The molecule has 0 bridgehead atoms. The molecule has 1 atom stereocenters. The van der Waals surface area contributed by atoms with E-state index in [4.69, 9.17) is 0 Å². The molecule has 0 radical (unpaired) electrons. The smallest absolute Gasteiger partial charge is 0.262 e. The molecule has 0 unspecified atom stereocenters. The van der Waals surface area contributed by atoms with Crippen molar-refractivity contribution in [3.05, 3.63) is 47.0 Å². The van der Waals surface area contributed by atoms with Crippen molar-refractivity contribution in [1.29, 1.82) is 0 Å². The lowest BCUT2D eigenvalue weighted by atomic mass is 10.0. The van der Waals surface area contributed by atoms with Crippen molar-refractivity contribution in [2.24, 2.45) is 5.92 Å². The van der Waals surface area contributed by atoms with Crippen LogP contribution < -0.4 is 5.32 Å². The van der Waals surface area contributed by atoms with E-state index in [0.717, 1.165) is 4.90 Å². The maximum atomic E-state index is 12.7. The fraction of sp³-hybridized carbons (Fsp3) is 0.294. The molecular weight excluding hydrogens is 326 g/mol. The minimum absolute atomic E-state index is 0.140. The molecule has 0 fully saturated rings. The average Bonchev–Trinajstić information content (AvgIpc) is 3.14. The molecule has 0 saturated heterocycles. The van der Waals surface area contributed by atoms with Crippen LogP contribution in [0.25, 0.3) is 0 Å². The van der Waals surface area contributed by atoms with E-state index >= 15 is 0 Å². The Bertz CT molecular complexity index is 751. The van der Waals surface area contributed by atoms with Gasteiger partial charge in [0.1, 0.15) is 6.04 Å². The topological polar surface area (TPSA) is 79.4 Å². The highest BCUT2D eigenvalue weighted by atomic mass is 32.1. The molecule has 7 heteroatoms. The van der Waals surface area contributed by atoms with Gasteiger partial charge in [-0.25, -0.2) is 4.98 Å². The molecule has 0 spiro atoms. The summed E-state index contributed by atoms with van der Waals surface area (Å²) in [7, 11) is 0. The Hall–Kier alpha value is -2.54. The second-order valence-electron chi connectivity index (χ2n) is 6.00. The molecule has 1 aliphatic heterocycles. The van der Waals surface area contributed by atoms with Gasteiger partial charge in [0, 0.05) is 11.6 Å². The van der Waals surface area contributed by atoms with E-state index in [-0.39, 0.29) is 5.92 Å². The first-order valence-corrected chi connectivity index (χ1v) is 8.54. The van der Waals surface area contributed by atoms with Gasteiger partial charge in [-0.05, 0) is 24.5 Å². The molecule has 0 aliphatic carbocycles.